The highest BCUT2D eigenvalue weighted by atomic mass is 16.1. The summed E-state index contributed by atoms with van der Waals surface area (Å²) in [6.45, 7) is 6.23. The van der Waals surface area contributed by atoms with Crippen LogP contribution in [0.15, 0.2) is 0 Å². The summed E-state index contributed by atoms with van der Waals surface area (Å²) in [7, 11) is 0. The zero-order chi connectivity index (χ0) is 8.97. The molecule has 0 aromatic carbocycles. The van der Waals surface area contributed by atoms with Crippen LogP contribution in [0.3, 0.4) is 0 Å². The lowest BCUT2D eigenvalue weighted by Crippen LogP contribution is -2.57. The standard InChI is InChI=1S/C9H18N2O/c1-7(2)5-8-9(6-12)11-4-3-10-8/h6-11H,3-5H2,1-2H3. The lowest BCUT2D eigenvalue weighted by atomic mass is 9.97. The molecule has 0 aromatic heterocycles. The average molecular weight is 170 g/mol. The Balaban J connectivity index is 2.41. The average Bonchev–Trinajstić information content (AvgIpc) is 2.04. The molecule has 0 aromatic rings. The largest absolute Gasteiger partial charge is 0.311 e. The highest BCUT2D eigenvalue weighted by Crippen LogP contribution is 2.08. The lowest BCUT2D eigenvalue weighted by Gasteiger charge is -2.31. The molecule has 0 aliphatic carbocycles. The first-order valence-electron chi connectivity index (χ1n) is 4.66. The van der Waals surface area contributed by atoms with Crippen LogP contribution < -0.4 is 10.6 Å². The highest BCUT2D eigenvalue weighted by molar-refractivity contribution is 5.59. The van der Waals surface area contributed by atoms with Crippen molar-refractivity contribution in [3.05, 3.63) is 0 Å². The fraction of sp³-hybridized carbons (Fsp3) is 0.889. The molecule has 70 valence electrons. The molecule has 3 nitrogen and oxygen atoms in total. The predicted molar refractivity (Wildman–Crippen MR) is 49.1 cm³/mol. The van der Waals surface area contributed by atoms with Crippen LogP contribution >= 0.6 is 0 Å². The first kappa shape index (κ1) is 9.68. The third-order valence-electron chi connectivity index (χ3n) is 2.22. The zero-order valence-electron chi connectivity index (χ0n) is 7.84. The van der Waals surface area contributed by atoms with Gasteiger partial charge in [-0.2, -0.15) is 0 Å². The maximum absolute atomic E-state index is 10.6. The van der Waals surface area contributed by atoms with Crippen molar-refractivity contribution in [3.8, 4) is 0 Å². The molecule has 1 fully saturated rings. The Morgan fingerprint density at radius 1 is 1.42 bits per heavy atom. The van der Waals surface area contributed by atoms with E-state index in [1.165, 1.54) is 0 Å². The monoisotopic (exact) mass is 170 g/mol. The second-order valence-electron chi connectivity index (χ2n) is 3.81. The fourth-order valence-corrected chi connectivity index (χ4v) is 1.65. The van der Waals surface area contributed by atoms with Gasteiger partial charge in [0.15, 0.2) is 0 Å². The van der Waals surface area contributed by atoms with E-state index < -0.39 is 0 Å². The summed E-state index contributed by atoms with van der Waals surface area (Å²) >= 11 is 0. The Bertz CT molecular complexity index is 147. The number of hydrogen-bond acceptors (Lipinski definition) is 3. The molecule has 1 rings (SSSR count). The maximum atomic E-state index is 10.6. The molecular formula is C9H18N2O. The molecule has 0 amide bonds. The minimum absolute atomic E-state index is 0.0150. The van der Waals surface area contributed by atoms with Gasteiger partial charge >= 0.3 is 0 Å². The molecule has 3 heteroatoms. The molecule has 2 atom stereocenters. The van der Waals surface area contributed by atoms with Crippen LogP contribution in [0.1, 0.15) is 20.3 Å². The van der Waals surface area contributed by atoms with E-state index in [4.69, 9.17) is 0 Å². The van der Waals surface area contributed by atoms with Gasteiger partial charge in [0.25, 0.3) is 0 Å². The molecule has 0 bridgehead atoms. The van der Waals surface area contributed by atoms with Crippen LogP contribution in [-0.2, 0) is 4.79 Å². The van der Waals surface area contributed by atoms with E-state index in [2.05, 4.69) is 24.5 Å². The number of hydrogen-bond donors (Lipinski definition) is 2. The van der Waals surface area contributed by atoms with Crippen molar-refractivity contribution >= 4 is 6.29 Å². The van der Waals surface area contributed by atoms with Gasteiger partial charge in [-0.1, -0.05) is 13.8 Å². The van der Waals surface area contributed by atoms with Gasteiger partial charge in [-0.15, -0.1) is 0 Å². The molecule has 0 spiro atoms. The van der Waals surface area contributed by atoms with E-state index >= 15 is 0 Å². The van der Waals surface area contributed by atoms with E-state index in [1.54, 1.807) is 0 Å². The van der Waals surface area contributed by atoms with Crippen LogP contribution in [0.2, 0.25) is 0 Å². The molecule has 0 saturated carbocycles. The van der Waals surface area contributed by atoms with Crippen LogP contribution in [0.5, 0.6) is 0 Å². The SMILES string of the molecule is CC(C)CC1NCCNC1C=O. The Kier molecular flexibility index (Phi) is 3.69. The molecule has 2 N–H and O–H groups in total. The van der Waals surface area contributed by atoms with Gasteiger partial charge in [0.05, 0.1) is 6.04 Å². The molecule has 1 aliphatic heterocycles. The number of carbonyl (C=O) groups is 1. The smallest absolute Gasteiger partial charge is 0.138 e. The van der Waals surface area contributed by atoms with Crippen molar-refractivity contribution in [3.63, 3.8) is 0 Å². The first-order valence-corrected chi connectivity index (χ1v) is 4.66. The fourth-order valence-electron chi connectivity index (χ4n) is 1.65. The molecule has 0 radical (unpaired) electrons. The van der Waals surface area contributed by atoms with E-state index in [9.17, 15) is 4.79 Å². The second kappa shape index (κ2) is 4.58. The Labute approximate surface area is 73.9 Å². The van der Waals surface area contributed by atoms with Crippen molar-refractivity contribution in [2.24, 2.45) is 5.92 Å². The summed E-state index contributed by atoms with van der Waals surface area (Å²) < 4.78 is 0. The molecule has 1 heterocycles. The van der Waals surface area contributed by atoms with Crippen molar-refractivity contribution in [1.82, 2.24) is 10.6 Å². The van der Waals surface area contributed by atoms with E-state index in [-0.39, 0.29) is 6.04 Å². The van der Waals surface area contributed by atoms with Crippen molar-refractivity contribution in [2.75, 3.05) is 13.1 Å². The van der Waals surface area contributed by atoms with Gasteiger partial charge in [-0.25, -0.2) is 0 Å². The summed E-state index contributed by atoms with van der Waals surface area (Å²) in [4.78, 5) is 10.6. The van der Waals surface area contributed by atoms with Crippen LogP contribution in [0.25, 0.3) is 0 Å². The quantitative estimate of drug-likeness (QED) is 0.593. The molecule has 12 heavy (non-hydrogen) atoms. The third kappa shape index (κ3) is 2.57. The summed E-state index contributed by atoms with van der Waals surface area (Å²) in [5.41, 5.74) is 0. The second-order valence-corrected chi connectivity index (χ2v) is 3.81. The summed E-state index contributed by atoms with van der Waals surface area (Å²) in [5.74, 6) is 0.643. The van der Waals surface area contributed by atoms with Gasteiger partial charge in [-0.05, 0) is 12.3 Å². The molecule has 1 saturated heterocycles. The highest BCUT2D eigenvalue weighted by Gasteiger charge is 2.23. The van der Waals surface area contributed by atoms with E-state index in [0.717, 1.165) is 25.8 Å². The number of rotatable bonds is 3. The number of piperazine rings is 1. The summed E-state index contributed by atoms with van der Waals surface area (Å²) in [5, 5.41) is 6.55. The summed E-state index contributed by atoms with van der Waals surface area (Å²) in [6, 6.07) is 0.345. The van der Waals surface area contributed by atoms with Crippen molar-refractivity contribution in [2.45, 2.75) is 32.4 Å². The number of carbonyl (C=O) groups excluding carboxylic acids is 1. The normalized spacial score (nSPS) is 30.6. The van der Waals surface area contributed by atoms with Gasteiger partial charge < -0.3 is 15.4 Å². The predicted octanol–water partition coefficient (Wildman–Crippen LogP) is 0.161. The van der Waals surface area contributed by atoms with Crippen LogP contribution in [-0.4, -0.2) is 31.5 Å². The number of nitrogens with one attached hydrogen (secondary N) is 2. The zero-order valence-corrected chi connectivity index (χ0v) is 7.84. The Hall–Kier alpha value is -0.410. The van der Waals surface area contributed by atoms with Gasteiger partial charge in [-0.3, -0.25) is 0 Å². The van der Waals surface area contributed by atoms with Crippen LogP contribution in [0, 0.1) is 5.92 Å². The minimum Gasteiger partial charge on any atom is -0.311 e. The first-order chi connectivity index (χ1) is 5.74. The summed E-state index contributed by atoms with van der Waals surface area (Å²) in [6.07, 6.45) is 2.08. The minimum atomic E-state index is 0.0150. The van der Waals surface area contributed by atoms with E-state index in [1.807, 2.05) is 0 Å². The topological polar surface area (TPSA) is 41.1 Å². The maximum Gasteiger partial charge on any atom is 0.138 e. The molecule has 1 aliphatic rings. The molecular weight excluding hydrogens is 152 g/mol. The van der Waals surface area contributed by atoms with Crippen LogP contribution in [0.4, 0.5) is 0 Å². The lowest BCUT2D eigenvalue weighted by molar-refractivity contribution is -0.110. The van der Waals surface area contributed by atoms with Crippen molar-refractivity contribution in [1.29, 1.82) is 0 Å². The van der Waals surface area contributed by atoms with Crippen molar-refractivity contribution < 1.29 is 4.79 Å². The third-order valence-corrected chi connectivity index (χ3v) is 2.22. The van der Waals surface area contributed by atoms with E-state index in [0.29, 0.717) is 12.0 Å². The molecule has 2 unspecified atom stereocenters. The number of aldehydes is 1. The van der Waals surface area contributed by atoms with Gasteiger partial charge in [0.2, 0.25) is 0 Å². The Morgan fingerprint density at radius 3 is 2.67 bits per heavy atom. The van der Waals surface area contributed by atoms with Gasteiger partial charge in [0.1, 0.15) is 6.29 Å². The Morgan fingerprint density at radius 2 is 2.08 bits per heavy atom. The van der Waals surface area contributed by atoms with Gasteiger partial charge in [0, 0.05) is 19.1 Å².